The van der Waals surface area contributed by atoms with Crippen molar-refractivity contribution >= 4 is 43.5 Å². The van der Waals surface area contributed by atoms with Gasteiger partial charge in [0.05, 0.1) is 20.6 Å². The van der Waals surface area contributed by atoms with E-state index in [1.165, 1.54) is 0 Å². The van der Waals surface area contributed by atoms with Crippen LogP contribution in [0.2, 0.25) is 0 Å². The van der Waals surface area contributed by atoms with Crippen molar-refractivity contribution in [2.24, 2.45) is 0 Å². The molecule has 0 aliphatic carbocycles. The molecule has 45 heavy (non-hydrogen) atoms. The third-order valence-corrected chi connectivity index (χ3v) is 8.12. The molecule has 8 aromatic carbocycles. The molecule has 0 unspecified atom stereocenters. The van der Waals surface area contributed by atoms with Crippen LogP contribution in [0.25, 0.3) is 88.0 Å². The molecular formula is C44H28O. The lowest BCUT2D eigenvalue weighted by atomic mass is 9.84. The van der Waals surface area contributed by atoms with E-state index >= 15 is 0 Å². The molecule has 1 nitrogen and oxygen atoms in total. The van der Waals surface area contributed by atoms with Crippen LogP contribution in [0.15, 0.2) is 174 Å². The molecule has 0 amide bonds. The maximum atomic E-state index is 9.07. The summed E-state index contributed by atoms with van der Waals surface area (Å²) in [6.45, 7) is 0. The fraction of sp³-hybridized carbons (Fsp3) is 0. The minimum atomic E-state index is -0.569. The number of furan rings is 1. The Morgan fingerprint density at radius 2 is 0.978 bits per heavy atom. The first-order chi connectivity index (χ1) is 28.6. The highest BCUT2D eigenvalue weighted by Crippen LogP contribution is 2.48. The Bertz CT molecular complexity index is 3300. The molecular weight excluding hydrogens is 544 g/mol. The normalized spacial score (nSPS) is 16.2. The van der Waals surface area contributed by atoms with Crippen molar-refractivity contribution < 1.29 is 25.0 Å². The van der Waals surface area contributed by atoms with Crippen molar-refractivity contribution in [3.8, 4) is 44.5 Å². The van der Waals surface area contributed by atoms with Crippen LogP contribution in [-0.2, 0) is 0 Å². The van der Waals surface area contributed by atoms with Gasteiger partial charge < -0.3 is 4.42 Å². The maximum absolute atomic E-state index is 9.07. The fourth-order valence-electron chi connectivity index (χ4n) is 6.30. The van der Waals surface area contributed by atoms with E-state index in [0.717, 1.165) is 0 Å². The van der Waals surface area contributed by atoms with Crippen molar-refractivity contribution in [3.63, 3.8) is 0 Å². The summed E-state index contributed by atoms with van der Waals surface area (Å²) in [5, 5.41) is 3.24. The van der Waals surface area contributed by atoms with Crippen molar-refractivity contribution in [1.82, 2.24) is 0 Å². The molecule has 0 saturated heterocycles. The predicted octanol–water partition coefficient (Wildman–Crippen LogP) is 12.6. The zero-order valence-corrected chi connectivity index (χ0v) is 23.4. The summed E-state index contributed by atoms with van der Waals surface area (Å²) < 4.78 is 135. The maximum Gasteiger partial charge on any atom is 0.143 e. The smallest absolute Gasteiger partial charge is 0.143 e. The lowest BCUT2D eigenvalue weighted by Crippen LogP contribution is -1.92. The molecule has 1 heteroatoms. The Balaban J connectivity index is 1.46. The first kappa shape index (κ1) is 14.7. The van der Waals surface area contributed by atoms with Gasteiger partial charge in [0.15, 0.2) is 0 Å². The minimum Gasteiger partial charge on any atom is -0.455 e. The highest BCUT2D eigenvalue weighted by molar-refractivity contribution is 6.26. The average molecular weight is 588 g/mol. The topological polar surface area (TPSA) is 13.1 Å². The van der Waals surface area contributed by atoms with Gasteiger partial charge in [-0.1, -0.05) is 157 Å². The molecule has 0 N–H and O–H groups in total. The monoisotopic (exact) mass is 587 g/mol. The van der Waals surface area contributed by atoms with Crippen LogP contribution in [0, 0.1) is 0 Å². The predicted molar refractivity (Wildman–Crippen MR) is 190 cm³/mol. The highest BCUT2D eigenvalue weighted by Gasteiger charge is 2.21. The number of rotatable bonds is 4. The van der Waals surface area contributed by atoms with E-state index in [0.29, 0.717) is 54.6 Å². The summed E-state index contributed by atoms with van der Waals surface area (Å²) in [6.07, 6.45) is 0. The van der Waals surface area contributed by atoms with Crippen molar-refractivity contribution in [1.29, 1.82) is 0 Å². The van der Waals surface area contributed by atoms with Gasteiger partial charge in [-0.25, -0.2) is 0 Å². The van der Waals surface area contributed by atoms with Crippen molar-refractivity contribution in [2.75, 3.05) is 0 Å². The van der Waals surface area contributed by atoms with E-state index in [9.17, 15) is 0 Å². The van der Waals surface area contributed by atoms with Crippen LogP contribution < -0.4 is 0 Å². The number of hydrogen-bond acceptors (Lipinski definition) is 1. The van der Waals surface area contributed by atoms with Gasteiger partial charge >= 0.3 is 0 Å². The summed E-state index contributed by atoms with van der Waals surface area (Å²) in [4.78, 5) is 0. The lowest BCUT2D eigenvalue weighted by Gasteiger charge is -2.19. The third kappa shape index (κ3) is 4.09. The molecule has 0 saturated carbocycles. The van der Waals surface area contributed by atoms with Crippen LogP contribution in [0.1, 0.15) is 20.6 Å². The summed E-state index contributed by atoms with van der Waals surface area (Å²) in [7, 11) is 0. The molecule has 1 heterocycles. The van der Waals surface area contributed by atoms with E-state index in [1.54, 1.807) is 54.6 Å². The SMILES string of the molecule is [2H]c1c([2H])c([2H])c(-c2ccc3c(-c4cccc5oc6c(-c7c([2H])c([2H])c([2H])c([2H])c7[2H])cccc6c45)c4ccccc4c(-c4c([2H])c([2H])c([2H])c([2H])c4[2H])c3c2)c([2H])c1[2H]. The summed E-state index contributed by atoms with van der Waals surface area (Å²) in [6, 6.07) is 15.5. The molecule has 0 fully saturated rings. The molecule has 9 aromatic rings. The van der Waals surface area contributed by atoms with Gasteiger partial charge in [-0.3, -0.25) is 0 Å². The summed E-state index contributed by atoms with van der Waals surface area (Å²) in [5.74, 6) is 0. The zero-order chi connectivity index (χ0) is 42.8. The van der Waals surface area contributed by atoms with Crippen LogP contribution in [0.5, 0.6) is 0 Å². The van der Waals surface area contributed by atoms with E-state index in [4.69, 9.17) is 25.0 Å². The molecule has 0 aliphatic heterocycles. The fourth-order valence-corrected chi connectivity index (χ4v) is 6.30. The van der Waals surface area contributed by atoms with E-state index in [1.807, 2.05) is 24.3 Å². The largest absolute Gasteiger partial charge is 0.455 e. The Kier molecular flexibility index (Phi) is 3.39. The van der Waals surface area contributed by atoms with Gasteiger partial charge in [0, 0.05) is 16.3 Å². The van der Waals surface area contributed by atoms with E-state index in [-0.39, 0.29) is 45.5 Å². The Hall–Kier alpha value is -5.92. The standard InChI is InChI=1S/C44H28O/c1-4-14-29(15-5-1)32-26-27-36-39(28-32)41(31-18-8-3-9-19-31)34-20-10-11-21-35(34)42(36)37-23-13-25-40-43(37)38-24-12-22-33(44(38)45-40)30-16-6-2-7-17-30/h1-28H/i1D,2D,3D,4D,5D,6D,7D,8D,9D,14D,15D,16D,17D,18D,19D. The molecule has 9 rings (SSSR count). The lowest BCUT2D eigenvalue weighted by molar-refractivity contribution is 0.670. The quantitative estimate of drug-likeness (QED) is 0.187. The Morgan fingerprint density at radius 3 is 1.71 bits per heavy atom. The van der Waals surface area contributed by atoms with Crippen molar-refractivity contribution in [3.05, 3.63) is 169 Å². The van der Waals surface area contributed by atoms with Crippen LogP contribution in [0.4, 0.5) is 0 Å². The molecule has 0 aliphatic rings. The first-order valence-corrected chi connectivity index (χ1v) is 14.2. The average Bonchev–Trinajstić information content (AvgIpc) is 3.65. The van der Waals surface area contributed by atoms with Gasteiger partial charge in [-0.15, -0.1) is 0 Å². The summed E-state index contributed by atoms with van der Waals surface area (Å²) in [5.41, 5.74) is 2.63. The van der Waals surface area contributed by atoms with E-state index < -0.39 is 78.6 Å². The number of hydrogen-bond donors (Lipinski definition) is 0. The molecule has 1 aromatic heterocycles. The second-order valence-electron chi connectivity index (χ2n) is 10.5. The third-order valence-electron chi connectivity index (χ3n) is 8.12. The summed E-state index contributed by atoms with van der Waals surface area (Å²) >= 11 is 0. The van der Waals surface area contributed by atoms with Gasteiger partial charge in [0.25, 0.3) is 0 Å². The first-order valence-electron chi connectivity index (χ1n) is 21.7. The van der Waals surface area contributed by atoms with Crippen LogP contribution >= 0.6 is 0 Å². The number of benzene rings is 8. The molecule has 0 atom stereocenters. The minimum absolute atomic E-state index is 0.0220. The molecule has 210 valence electrons. The second kappa shape index (κ2) is 10.4. The molecule has 0 radical (unpaired) electrons. The van der Waals surface area contributed by atoms with Gasteiger partial charge in [0.1, 0.15) is 11.2 Å². The Morgan fingerprint density at radius 1 is 0.400 bits per heavy atom. The van der Waals surface area contributed by atoms with Gasteiger partial charge in [-0.05, 0) is 72.6 Å². The van der Waals surface area contributed by atoms with Crippen molar-refractivity contribution in [2.45, 2.75) is 0 Å². The van der Waals surface area contributed by atoms with Crippen LogP contribution in [-0.4, -0.2) is 0 Å². The molecule has 0 spiro atoms. The second-order valence-corrected chi connectivity index (χ2v) is 10.5. The Labute approximate surface area is 282 Å². The number of para-hydroxylation sites is 1. The zero-order valence-electron chi connectivity index (χ0n) is 38.4. The highest BCUT2D eigenvalue weighted by atomic mass is 16.3. The molecule has 0 bridgehead atoms. The van der Waals surface area contributed by atoms with E-state index in [2.05, 4.69) is 0 Å². The van der Waals surface area contributed by atoms with Gasteiger partial charge in [0.2, 0.25) is 0 Å². The number of fused-ring (bicyclic) bond motifs is 5. The van der Waals surface area contributed by atoms with Crippen LogP contribution in [0.3, 0.4) is 0 Å². The van der Waals surface area contributed by atoms with Gasteiger partial charge in [-0.2, -0.15) is 0 Å².